The van der Waals surface area contributed by atoms with E-state index in [2.05, 4.69) is 26.2 Å². The monoisotopic (exact) mass is 494 g/mol. The minimum absolute atomic E-state index is 0.0670. The fourth-order valence-corrected chi connectivity index (χ4v) is 4.91. The third-order valence-electron chi connectivity index (χ3n) is 5.14. The summed E-state index contributed by atoms with van der Waals surface area (Å²) >= 11 is 19.9. The Labute approximate surface area is 200 Å². The number of carbonyl (C=O) groups is 1. The van der Waals surface area contributed by atoms with Crippen LogP contribution < -0.4 is 5.32 Å². The van der Waals surface area contributed by atoms with Crippen molar-refractivity contribution in [2.75, 3.05) is 38.0 Å². The summed E-state index contributed by atoms with van der Waals surface area (Å²) in [5.74, 6) is -0.0670. The standard InChI is InChI=1S/C22H21Cl3N4OS/c23-16-5-6-17(19(25)11-16)20-14-31-22(26-20)27-21(30)13-29-9-7-28(8-10-29)12-15-3-1-2-4-18(15)24/h1-6,11,14H,7-10,12-13H2,(H,26,27,30). The van der Waals surface area contributed by atoms with Crippen molar-refractivity contribution in [3.63, 3.8) is 0 Å². The van der Waals surface area contributed by atoms with Crippen LogP contribution in [-0.4, -0.2) is 53.4 Å². The highest BCUT2D eigenvalue weighted by Crippen LogP contribution is 2.32. The van der Waals surface area contributed by atoms with Gasteiger partial charge in [-0.2, -0.15) is 0 Å². The van der Waals surface area contributed by atoms with Crippen LogP contribution in [0.15, 0.2) is 47.8 Å². The predicted molar refractivity (Wildman–Crippen MR) is 129 cm³/mol. The molecule has 5 nitrogen and oxygen atoms in total. The highest BCUT2D eigenvalue weighted by molar-refractivity contribution is 7.14. The molecule has 0 atom stereocenters. The molecular weight excluding hydrogens is 475 g/mol. The van der Waals surface area contributed by atoms with E-state index in [0.717, 1.165) is 54.6 Å². The molecule has 2 heterocycles. The normalized spacial score (nSPS) is 15.2. The molecule has 1 amide bonds. The van der Waals surface area contributed by atoms with Crippen LogP contribution >= 0.6 is 46.1 Å². The van der Waals surface area contributed by atoms with Crippen molar-refractivity contribution in [3.05, 3.63) is 68.5 Å². The van der Waals surface area contributed by atoms with Gasteiger partial charge in [0.2, 0.25) is 5.91 Å². The highest BCUT2D eigenvalue weighted by atomic mass is 35.5. The summed E-state index contributed by atoms with van der Waals surface area (Å²) in [6, 6.07) is 13.2. The SMILES string of the molecule is O=C(CN1CCN(Cc2ccccc2Cl)CC1)Nc1nc(-c2ccc(Cl)cc2Cl)cs1. The average molecular weight is 496 g/mol. The van der Waals surface area contributed by atoms with E-state index in [0.29, 0.717) is 21.7 Å². The molecule has 1 aromatic heterocycles. The predicted octanol–water partition coefficient (Wildman–Crippen LogP) is 5.53. The Kier molecular flexibility index (Phi) is 7.48. The van der Waals surface area contributed by atoms with E-state index in [4.69, 9.17) is 34.8 Å². The number of thiazole rings is 1. The summed E-state index contributed by atoms with van der Waals surface area (Å²) in [5.41, 5.74) is 2.64. The molecule has 2 aromatic carbocycles. The topological polar surface area (TPSA) is 48.5 Å². The number of nitrogens with one attached hydrogen (secondary N) is 1. The van der Waals surface area contributed by atoms with Gasteiger partial charge in [-0.3, -0.25) is 14.6 Å². The van der Waals surface area contributed by atoms with Gasteiger partial charge in [-0.15, -0.1) is 11.3 Å². The summed E-state index contributed by atoms with van der Waals surface area (Å²) in [5, 5.41) is 7.23. The molecule has 1 fully saturated rings. The third kappa shape index (κ3) is 5.98. The number of rotatable bonds is 6. The first-order chi connectivity index (χ1) is 15.0. The largest absolute Gasteiger partial charge is 0.301 e. The summed E-state index contributed by atoms with van der Waals surface area (Å²) < 4.78 is 0. The fraction of sp³-hybridized carbons (Fsp3) is 0.273. The van der Waals surface area contributed by atoms with Gasteiger partial charge in [-0.25, -0.2) is 4.98 Å². The van der Waals surface area contributed by atoms with Gasteiger partial charge in [-0.1, -0.05) is 53.0 Å². The lowest BCUT2D eigenvalue weighted by atomic mass is 10.2. The first-order valence-corrected chi connectivity index (χ1v) is 11.9. The molecule has 0 spiro atoms. The average Bonchev–Trinajstić information content (AvgIpc) is 3.19. The van der Waals surface area contributed by atoms with E-state index in [-0.39, 0.29) is 5.91 Å². The first kappa shape index (κ1) is 22.5. The van der Waals surface area contributed by atoms with Crippen molar-refractivity contribution in [2.24, 2.45) is 0 Å². The molecule has 1 saturated heterocycles. The summed E-state index contributed by atoms with van der Waals surface area (Å²) in [7, 11) is 0. The molecule has 0 bridgehead atoms. The molecule has 3 aromatic rings. The van der Waals surface area contributed by atoms with Crippen molar-refractivity contribution < 1.29 is 4.79 Å². The molecule has 162 valence electrons. The molecule has 0 saturated carbocycles. The maximum absolute atomic E-state index is 12.5. The Morgan fingerprint density at radius 3 is 2.48 bits per heavy atom. The number of amides is 1. The lowest BCUT2D eigenvalue weighted by molar-refractivity contribution is -0.117. The number of anilines is 1. The zero-order valence-electron chi connectivity index (χ0n) is 16.7. The molecule has 0 unspecified atom stereocenters. The van der Waals surface area contributed by atoms with Crippen molar-refractivity contribution >= 4 is 57.2 Å². The Morgan fingerprint density at radius 2 is 1.74 bits per heavy atom. The van der Waals surface area contributed by atoms with Crippen molar-refractivity contribution in [2.45, 2.75) is 6.54 Å². The number of hydrogen-bond donors (Lipinski definition) is 1. The molecule has 1 aliphatic heterocycles. The number of nitrogens with zero attached hydrogens (tertiary/aromatic N) is 3. The van der Waals surface area contributed by atoms with Crippen LogP contribution in [0.25, 0.3) is 11.3 Å². The summed E-state index contributed by atoms with van der Waals surface area (Å²) in [4.78, 5) is 21.5. The molecule has 1 N–H and O–H groups in total. The van der Waals surface area contributed by atoms with Crippen LogP contribution in [-0.2, 0) is 11.3 Å². The maximum atomic E-state index is 12.5. The van der Waals surface area contributed by atoms with Crippen molar-refractivity contribution in [1.29, 1.82) is 0 Å². The van der Waals surface area contributed by atoms with Gasteiger partial charge in [0.1, 0.15) is 0 Å². The van der Waals surface area contributed by atoms with Gasteiger partial charge in [-0.05, 0) is 29.8 Å². The summed E-state index contributed by atoms with van der Waals surface area (Å²) in [6.45, 7) is 4.64. The molecule has 0 radical (unpaired) electrons. The zero-order chi connectivity index (χ0) is 21.8. The second-order valence-corrected chi connectivity index (χ2v) is 9.46. The fourth-order valence-electron chi connectivity index (χ4n) is 3.49. The van der Waals surface area contributed by atoms with Crippen LogP contribution in [0.2, 0.25) is 15.1 Å². The van der Waals surface area contributed by atoms with Crippen molar-refractivity contribution in [3.8, 4) is 11.3 Å². The van der Waals surface area contributed by atoms with E-state index in [1.54, 1.807) is 12.1 Å². The lowest BCUT2D eigenvalue weighted by Gasteiger charge is -2.34. The van der Waals surface area contributed by atoms with Gasteiger partial charge >= 0.3 is 0 Å². The van der Waals surface area contributed by atoms with E-state index < -0.39 is 0 Å². The highest BCUT2D eigenvalue weighted by Gasteiger charge is 2.20. The zero-order valence-corrected chi connectivity index (χ0v) is 19.7. The molecular formula is C22H21Cl3N4OS. The number of halogens is 3. The van der Waals surface area contributed by atoms with Crippen LogP contribution in [0.3, 0.4) is 0 Å². The van der Waals surface area contributed by atoms with E-state index >= 15 is 0 Å². The number of hydrogen-bond acceptors (Lipinski definition) is 5. The Hall–Kier alpha value is -1.67. The number of aromatic nitrogens is 1. The maximum Gasteiger partial charge on any atom is 0.240 e. The Balaban J connectivity index is 1.26. The molecule has 9 heteroatoms. The Morgan fingerprint density at radius 1 is 1.00 bits per heavy atom. The minimum atomic E-state index is -0.0670. The van der Waals surface area contributed by atoms with Gasteiger partial charge in [0.05, 0.1) is 17.3 Å². The first-order valence-electron chi connectivity index (χ1n) is 9.87. The van der Waals surface area contributed by atoms with Crippen LogP contribution in [0.5, 0.6) is 0 Å². The summed E-state index contributed by atoms with van der Waals surface area (Å²) in [6.07, 6.45) is 0. The van der Waals surface area contributed by atoms with Gasteiger partial charge in [0.15, 0.2) is 5.13 Å². The number of carbonyl (C=O) groups excluding carboxylic acids is 1. The smallest absolute Gasteiger partial charge is 0.240 e. The van der Waals surface area contributed by atoms with Gasteiger partial charge < -0.3 is 5.32 Å². The molecule has 31 heavy (non-hydrogen) atoms. The van der Waals surface area contributed by atoms with E-state index in [1.165, 1.54) is 11.3 Å². The molecule has 1 aliphatic rings. The minimum Gasteiger partial charge on any atom is -0.301 e. The van der Waals surface area contributed by atoms with Crippen molar-refractivity contribution in [1.82, 2.24) is 14.8 Å². The van der Waals surface area contributed by atoms with Gasteiger partial charge in [0.25, 0.3) is 0 Å². The third-order valence-corrected chi connectivity index (χ3v) is 6.82. The second kappa shape index (κ2) is 10.3. The Bertz CT molecular complexity index is 1070. The van der Waals surface area contributed by atoms with Crippen LogP contribution in [0.1, 0.15) is 5.56 Å². The lowest BCUT2D eigenvalue weighted by Crippen LogP contribution is -2.48. The molecule has 4 rings (SSSR count). The van der Waals surface area contributed by atoms with E-state index in [9.17, 15) is 4.79 Å². The quantitative estimate of drug-likeness (QED) is 0.489. The van der Waals surface area contributed by atoms with Gasteiger partial charge in [0, 0.05) is 53.7 Å². The van der Waals surface area contributed by atoms with Crippen LogP contribution in [0, 0.1) is 0 Å². The van der Waals surface area contributed by atoms with E-state index in [1.807, 2.05) is 29.6 Å². The number of benzene rings is 2. The molecule has 0 aliphatic carbocycles. The number of piperazine rings is 1. The van der Waals surface area contributed by atoms with Crippen LogP contribution in [0.4, 0.5) is 5.13 Å². The second-order valence-electron chi connectivity index (χ2n) is 7.35.